The zero-order valence-electron chi connectivity index (χ0n) is 12.5. The van der Waals surface area contributed by atoms with Crippen molar-refractivity contribution in [3.05, 3.63) is 35.4 Å². The number of nitrogens with zero attached hydrogens (tertiary/aromatic N) is 1. The van der Waals surface area contributed by atoms with Crippen molar-refractivity contribution in [2.75, 3.05) is 0 Å². The molecule has 3 heteroatoms. The van der Waals surface area contributed by atoms with Crippen LogP contribution in [0.15, 0.2) is 24.3 Å². The van der Waals surface area contributed by atoms with Gasteiger partial charge in [0.05, 0.1) is 0 Å². The summed E-state index contributed by atoms with van der Waals surface area (Å²) >= 11 is 0. The maximum Gasteiger partial charge on any atom is 0.244 e. The van der Waals surface area contributed by atoms with Gasteiger partial charge in [-0.3, -0.25) is 9.59 Å². The SMILES string of the molecule is C#CN1C(=O)CC2C(CCC3c4ccccc4CCC32)C1=O. The first-order valence-electron chi connectivity index (χ1n) is 8.11. The van der Waals surface area contributed by atoms with Gasteiger partial charge in [0.15, 0.2) is 0 Å². The summed E-state index contributed by atoms with van der Waals surface area (Å²) in [6.45, 7) is 0. The van der Waals surface area contributed by atoms with Crippen LogP contribution in [-0.4, -0.2) is 16.7 Å². The number of likely N-dealkylation sites (tertiary alicyclic amines) is 1. The first kappa shape index (κ1) is 13.6. The number of carbonyl (C=O) groups is 2. The van der Waals surface area contributed by atoms with Crippen LogP contribution in [0.5, 0.6) is 0 Å². The van der Waals surface area contributed by atoms with Crippen LogP contribution in [0, 0.1) is 30.2 Å². The third-order valence-corrected chi connectivity index (χ3v) is 5.90. The van der Waals surface area contributed by atoms with Gasteiger partial charge >= 0.3 is 0 Å². The van der Waals surface area contributed by atoms with Crippen molar-refractivity contribution in [1.82, 2.24) is 4.90 Å². The van der Waals surface area contributed by atoms with E-state index in [0.29, 0.717) is 18.3 Å². The van der Waals surface area contributed by atoms with E-state index in [2.05, 4.69) is 30.3 Å². The lowest BCUT2D eigenvalue weighted by molar-refractivity contribution is -0.153. The summed E-state index contributed by atoms with van der Waals surface area (Å²) in [6, 6.07) is 10.9. The molecule has 22 heavy (non-hydrogen) atoms. The van der Waals surface area contributed by atoms with E-state index in [9.17, 15) is 9.59 Å². The highest BCUT2D eigenvalue weighted by atomic mass is 16.2. The lowest BCUT2D eigenvalue weighted by atomic mass is 9.58. The lowest BCUT2D eigenvalue weighted by Gasteiger charge is -2.48. The van der Waals surface area contributed by atoms with Gasteiger partial charge in [-0.25, -0.2) is 4.90 Å². The summed E-state index contributed by atoms with van der Waals surface area (Å²) in [4.78, 5) is 25.7. The van der Waals surface area contributed by atoms with Crippen LogP contribution in [-0.2, 0) is 16.0 Å². The predicted molar refractivity (Wildman–Crippen MR) is 82.5 cm³/mol. The van der Waals surface area contributed by atoms with Gasteiger partial charge in [-0.2, -0.15) is 0 Å². The number of imide groups is 1. The molecule has 2 fully saturated rings. The van der Waals surface area contributed by atoms with E-state index >= 15 is 0 Å². The van der Waals surface area contributed by atoms with Gasteiger partial charge in [0.1, 0.15) is 0 Å². The minimum Gasteiger partial charge on any atom is -0.273 e. The number of terminal acetylenes is 1. The zero-order chi connectivity index (χ0) is 15.3. The first-order chi connectivity index (χ1) is 10.7. The number of hydrogen-bond donors (Lipinski definition) is 0. The van der Waals surface area contributed by atoms with Gasteiger partial charge in [-0.05, 0) is 54.6 Å². The molecule has 1 saturated heterocycles. The van der Waals surface area contributed by atoms with E-state index in [-0.39, 0.29) is 23.7 Å². The molecule has 3 nitrogen and oxygen atoms in total. The van der Waals surface area contributed by atoms with Crippen molar-refractivity contribution in [3.63, 3.8) is 0 Å². The number of hydrogen-bond acceptors (Lipinski definition) is 2. The Kier molecular flexibility index (Phi) is 3.07. The van der Waals surface area contributed by atoms with Gasteiger partial charge < -0.3 is 0 Å². The van der Waals surface area contributed by atoms with Gasteiger partial charge in [0.2, 0.25) is 11.8 Å². The molecule has 0 aromatic heterocycles. The molecule has 4 rings (SSSR count). The number of aryl methyl sites for hydroxylation is 1. The molecule has 2 amide bonds. The molecule has 0 N–H and O–H groups in total. The highest BCUT2D eigenvalue weighted by Gasteiger charge is 2.50. The van der Waals surface area contributed by atoms with Crippen molar-refractivity contribution in [1.29, 1.82) is 0 Å². The maximum atomic E-state index is 12.5. The van der Waals surface area contributed by atoms with Gasteiger partial charge in [0, 0.05) is 18.4 Å². The van der Waals surface area contributed by atoms with E-state index in [1.54, 1.807) is 0 Å². The van der Waals surface area contributed by atoms with Crippen molar-refractivity contribution < 1.29 is 9.59 Å². The molecule has 0 spiro atoms. The Morgan fingerprint density at radius 3 is 2.64 bits per heavy atom. The molecule has 4 atom stereocenters. The van der Waals surface area contributed by atoms with Gasteiger partial charge in [-0.1, -0.05) is 30.7 Å². The molecule has 0 bridgehead atoms. The average Bonchev–Trinajstić information content (AvgIpc) is 2.54. The normalized spacial score (nSPS) is 33.5. The third-order valence-electron chi connectivity index (χ3n) is 5.90. The molecule has 1 aromatic rings. The Bertz CT molecular complexity index is 687. The largest absolute Gasteiger partial charge is 0.273 e. The summed E-state index contributed by atoms with van der Waals surface area (Å²) in [5.74, 6) is 0.747. The fourth-order valence-corrected chi connectivity index (χ4v) is 4.95. The molecule has 0 radical (unpaired) electrons. The molecule has 1 heterocycles. The third kappa shape index (κ3) is 1.83. The molecule has 2 aliphatic carbocycles. The van der Waals surface area contributed by atoms with Crippen LogP contribution in [0.3, 0.4) is 0 Å². The predicted octanol–water partition coefficient (Wildman–Crippen LogP) is 2.71. The van der Waals surface area contributed by atoms with E-state index in [4.69, 9.17) is 6.42 Å². The highest BCUT2D eigenvalue weighted by Crippen LogP contribution is 2.52. The molecule has 4 unspecified atom stereocenters. The lowest BCUT2D eigenvalue weighted by Crippen LogP contribution is -2.51. The Labute approximate surface area is 130 Å². The van der Waals surface area contributed by atoms with Crippen LogP contribution >= 0.6 is 0 Å². The highest BCUT2D eigenvalue weighted by molar-refractivity contribution is 6.01. The summed E-state index contributed by atoms with van der Waals surface area (Å²) in [5.41, 5.74) is 2.89. The zero-order valence-corrected chi connectivity index (χ0v) is 12.5. The molecule has 1 saturated carbocycles. The molecular formula is C19H19NO2. The van der Waals surface area contributed by atoms with Crippen molar-refractivity contribution in [3.8, 4) is 12.5 Å². The summed E-state index contributed by atoms with van der Waals surface area (Å²) in [6.07, 6.45) is 9.79. The Morgan fingerprint density at radius 1 is 1.05 bits per heavy atom. The number of carbonyl (C=O) groups excluding carboxylic acids is 2. The second kappa shape index (κ2) is 4.98. The standard InChI is InChI=1S/C19H19NO2/c1-2-20-18(21)11-17-15-8-7-12-5-3-4-6-13(12)14(15)9-10-16(17)19(20)22/h1,3-6,14-17H,7-11H2. The molecule has 3 aliphatic rings. The molecule has 1 aliphatic heterocycles. The maximum absolute atomic E-state index is 12.5. The minimum absolute atomic E-state index is 0.0553. The molecule has 112 valence electrons. The Morgan fingerprint density at radius 2 is 1.82 bits per heavy atom. The van der Waals surface area contributed by atoms with Crippen molar-refractivity contribution >= 4 is 11.8 Å². The summed E-state index contributed by atoms with van der Waals surface area (Å²) in [7, 11) is 0. The van der Waals surface area contributed by atoms with E-state index < -0.39 is 0 Å². The minimum atomic E-state index is -0.187. The van der Waals surface area contributed by atoms with Gasteiger partial charge in [0.25, 0.3) is 0 Å². The average molecular weight is 293 g/mol. The fourth-order valence-electron chi connectivity index (χ4n) is 4.95. The second-order valence-corrected chi connectivity index (χ2v) is 6.76. The number of fused-ring (bicyclic) bond motifs is 5. The van der Waals surface area contributed by atoms with E-state index in [1.165, 1.54) is 11.1 Å². The quantitative estimate of drug-likeness (QED) is 0.545. The molecular weight excluding hydrogens is 274 g/mol. The Balaban J connectivity index is 1.68. The van der Waals surface area contributed by atoms with E-state index in [1.807, 2.05) is 0 Å². The Hall–Kier alpha value is -2.08. The van der Waals surface area contributed by atoms with Gasteiger partial charge in [-0.15, -0.1) is 0 Å². The monoisotopic (exact) mass is 293 g/mol. The van der Waals surface area contributed by atoms with Crippen LogP contribution < -0.4 is 0 Å². The number of piperidine rings is 1. The van der Waals surface area contributed by atoms with Crippen LogP contribution in [0.4, 0.5) is 0 Å². The van der Waals surface area contributed by atoms with Crippen molar-refractivity contribution in [2.24, 2.45) is 17.8 Å². The second-order valence-electron chi connectivity index (χ2n) is 6.76. The van der Waals surface area contributed by atoms with Crippen LogP contribution in [0.2, 0.25) is 0 Å². The fraction of sp³-hybridized carbons (Fsp3) is 0.474. The van der Waals surface area contributed by atoms with Crippen LogP contribution in [0.1, 0.15) is 42.7 Å². The molecule has 1 aromatic carbocycles. The summed E-state index contributed by atoms with van der Waals surface area (Å²) < 4.78 is 0. The van der Waals surface area contributed by atoms with Crippen molar-refractivity contribution in [2.45, 2.75) is 38.0 Å². The smallest absolute Gasteiger partial charge is 0.244 e. The number of benzene rings is 1. The number of amides is 2. The topological polar surface area (TPSA) is 37.4 Å². The summed E-state index contributed by atoms with van der Waals surface area (Å²) in [5, 5.41) is 0. The van der Waals surface area contributed by atoms with Crippen LogP contribution in [0.25, 0.3) is 0 Å². The van der Waals surface area contributed by atoms with E-state index in [0.717, 1.165) is 30.6 Å². The first-order valence-corrected chi connectivity index (χ1v) is 8.11. The number of rotatable bonds is 0.